The standard InChI is InChI=1S/C18H25N3O3/c1-4-6-13-20(14-7-8-15(3)5-2)18(22)19-16-9-11-17(12-10-16)21(23)24/h5,8-12H,2,4,6-7,13-14H2,1,3H3,(H,19,22)/b15-8+. The molecule has 0 aliphatic rings. The van der Waals surface area contributed by atoms with Gasteiger partial charge in [-0.2, -0.15) is 0 Å². The number of carbonyl (C=O) groups is 1. The van der Waals surface area contributed by atoms with Gasteiger partial charge in [0.1, 0.15) is 0 Å². The largest absolute Gasteiger partial charge is 0.324 e. The van der Waals surface area contributed by atoms with Crippen LogP contribution in [0.4, 0.5) is 16.2 Å². The van der Waals surface area contributed by atoms with Gasteiger partial charge in [-0.3, -0.25) is 10.1 Å². The Morgan fingerprint density at radius 1 is 1.33 bits per heavy atom. The predicted molar refractivity (Wildman–Crippen MR) is 97.2 cm³/mol. The molecule has 0 aliphatic heterocycles. The van der Waals surface area contributed by atoms with Gasteiger partial charge in [-0.05, 0) is 31.9 Å². The van der Waals surface area contributed by atoms with E-state index >= 15 is 0 Å². The molecule has 0 radical (unpaired) electrons. The fourth-order valence-electron chi connectivity index (χ4n) is 2.06. The van der Waals surface area contributed by atoms with Gasteiger partial charge in [-0.15, -0.1) is 0 Å². The molecule has 130 valence electrons. The number of nitrogens with zero attached hydrogens (tertiary/aromatic N) is 2. The molecule has 0 aliphatic carbocycles. The summed E-state index contributed by atoms with van der Waals surface area (Å²) in [5.74, 6) is 0. The molecular formula is C18H25N3O3. The first-order valence-corrected chi connectivity index (χ1v) is 8.07. The second-order valence-corrected chi connectivity index (χ2v) is 5.52. The SMILES string of the molecule is C=C/C(C)=C/CCN(CCCC)C(=O)Nc1ccc([N+](=O)[O-])cc1. The molecule has 0 fully saturated rings. The number of non-ortho nitro benzene ring substituents is 1. The van der Waals surface area contributed by atoms with Crippen molar-refractivity contribution in [3.05, 3.63) is 58.7 Å². The Bertz CT molecular complexity index is 594. The lowest BCUT2D eigenvalue weighted by Gasteiger charge is -2.22. The number of anilines is 1. The second-order valence-electron chi connectivity index (χ2n) is 5.52. The van der Waals surface area contributed by atoms with E-state index in [0.717, 1.165) is 24.8 Å². The van der Waals surface area contributed by atoms with Gasteiger partial charge in [-0.25, -0.2) is 4.79 Å². The van der Waals surface area contributed by atoms with Crippen molar-refractivity contribution in [1.29, 1.82) is 0 Å². The molecule has 2 amide bonds. The highest BCUT2D eigenvalue weighted by molar-refractivity contribution is 5.89. The normalized spacial score (nSPS) is 11.0. The molecule has 24 heavy (non-hydrogen) atoms. The lowest BCUT2D eigenvalue weighted by Crippen LogP contribution is -2.36. The maximum atomic E-state index is 12.4. The Morgan fingerprint density at radius 3 is 2.54 bits per heavy atom. The average molecular weight is 331 g/mol. The van der Waals surface area contributed by atoms with E-state index < -0.39 is 4.92 Å². The molecule has 1 aromatic carbocycles. The minimum atomic E-state index is -0.465. The minimum absolute atomic E-state index is 0.000811. The average Bonchev–Trinajstić information content (AvgIpc) is 2.57. The predicted octanol–water partition coefficient (Wildman–Crippen LogP) is 4.75. The second kappa shape index (κ2) is 10.2. The summed E-state index contributed by atoms with van der Waals surface area (Å²) in [4.78, 5) is 24.4. The first-order chi connectivity index (χ1) is 11.5. The number of nitrogens with one attached hydrogen (secondary N) is 1. The zero-order valence-electron chi connectivity index (χ0n) is 14.3. The summed E-state index contributed by atoms with van der Waals surface area (Å²) in [5.41, 5.74) is 1.63. The van der Waals surface area contributed by atoms with Gasteiger partial charge in [0.2, 0.25) is 0 Å². The van der Waals surface area contributed by atoms with Crippen molar-refractivity contribution in [2.45, 2.75) is 33.1 Å². The van der Waals surface area contributed by atoms with Gasteiger partial charge in [0, 0.05) is 30.9 Å². The van der Waals surface area contributed by atoms with Gasteiger partial charge in [-0.1, -0.05) is 37.6 Å². The fourth-order valence-corrected chi connectivity index (χ4v) is 2.06. The summed E-state index contributed by atoms with van der Waals surface area (Å²) in [6.45, 7) is 9.05. The van der Waals surface area contributed by atoms with E-state index in [2.05, 4.69) is 18.8 Å². The number of rotatable bonds is 9. The lowest BCUT2D eigenvalue weighted by molar-refractivity contribution is -0.384. The van der Waals surface area contributed by atoms with Gasteiger partial charge >= 0.3 is 6.03 Å². The maximum Gasteiger partial charge on any atom is 0.321 e. The van der Waals surface area contributed by atoms with Gasteiger partial charge < -0.3 is 10.2 Å². The van der Waals surface area contributed by atoms with Crippen molar-refractivity contribution >= 4 is 17.4 Å². The molecule has 0 bridgehead atoms. The van der Waals surface area contributed by atoms with Crippen LogP contribution >= 0.6 is 0 Å². The first-order valence-electron chi connectivity index (χ1n) is 8.07. The Kier molecular flexibility index (Phi) is 8.25. The van der Waals surface area contributed by atoms with Crippen LogP contribution in [-0.4, -0.2) is 28.9 Å². The van der Waals surface area contributed by atoms with E-state index in [0.29, 0.717) is 18.8 Å². The van der Waals surface area contributed by atoms with Crippen LogP contribution in [0.15, 0.2) is 48.6 Å². The first kappa shape index (κ1) is 19.4. The molecule has 0 atom stereocenters. The van der Waals surface area contributed by atoms with Crippen LogP contribution in [0.25, 0.3) is 0 Å². The van der Waals surface area contributed by atoms with Gasteiger partial charge in [0.25, 0.3) is 5.69 Å². The van der Waals surface area contributed by atoms with Crippen molar-refractivity contribution in [3.8, 4) is 0 Å². The smallest absolute Gasteiger partial charge is 0.321 e. The third-order valence-corrected chi connectivity index (χ3v) is 3.59. The van der Waals surface area contributed by atoms with E-state index in [1.54, 1.807) is 11.0 Å². The number of nitro benzene ring substituents is 1. The molecule has 1 rings (SSSR count). The number of urea groups is 1. The Morgan fingerprint density at radius 2 is 2.00 bits per heavy atom. The van der Waals surface area contributed by atoms with Crippen molar-refractivity contribution < 1.29 is 9.72 Å². The highest BCUT2D eigenvalue weighted by Gasteiger charge is 2.13. The Balaban J connectivity index is 2.68. The zero-order chi connectivity index (χ0) is 17.9. The summed E-state index contributed by atoms with van der Waals surface area (Å²) in [5, 5.41) is 13.4. The molecule has 0 unspecified atom stereocenters. The molecule has 0 saturated heterocycles. The number of carbonyl (C=O) groups excluding carboxylic acids is 1. The Labute approximate surface area is 143 Å². The van der Waals surface area contributed by atoms with Crippen LogP contribution in [0.2, 0.25) is 0 Å². The van der Waals surface area contributed by atoms with Crippen molar-refractivity contribution in [2.75, 3.05) is 18.4 Å². The number of allylic oxidation sites excluding steroid dienone is 2. The molecule has 0 aromatic heterocycles. The van der Waals surface area contributed by atoms with Gasteiger partial charge in [0.15, 0.2) is 0 Å². The van der Waals surface area contributed by atoms with Crippen molar-refractivity contribution in [2.24, 2.45) is 0 Å². The molecule has 6 nitrogen and oxygen atoms in total. The molecule has 0 saturated carbocycles. The summed E-state index contributed by atoms with van der Waals surface area (Å²) in [7, 11) is 0. The lowest BCUT2D eigenvalue weighted by atomic mass is 10.2. The number of unbranched alkanes of at least 4 members (excludes halogenated alkanes) is 1. The molecule has 0 spiro atoms. The van der Waals surface area contributed by atoms with Crippen molar-refractivity contribution in [3.63, 3.8) is 0 Å². The topological polar surface area (TPSA) is 75.5 Å². The summed E-state index contributed by atoms with van der Waals surface area (Å²) < 4.78 is 0. The molecular weight excluding hydrogens is 306 g/mol. The highest BCUT2D eigenvalue weighted by atomic mass is 16.6. The van der Waals surface area contributed by atoms with Crippen LogP contribution in [0.5, 0.6) is 0 Å². The molecule has 6 heteroatoms. The van der Waals surface area contributed by atoms with E-state index in [1.807, 2.05) is 13.0 Å². The molecule has 1 aromatic rings. The number of hydrogen-bond donors (Lipinski definition) is 1. The van der Waals surface area contributed by atoms with Crippen LogP contribution in [-0.2, 0) is 0 Å². The molecule has 0 heterocycles. The number of hydrogen-bond acceptors (Lipinski definition) is 3. The van der Waals surface area contributed by atoms with E-state index in [9.17, 15) is 14.9 Å². The monoisotopic (exact) mass is 331 g/mol. The maximum absolute atomic E-state index is 12.4. The highest BCUT2D eigenvalue weighted by Crippen LogP contribution is 2.16. The quantitative estimate of drug-likeness (QED) is 0.403. The molecule has 1 N–H and O–H groups in total. The van der Waals surface area contributed by atoms with E-state index in [1.165, 1.54) is 24.3 Å². The summed E-state index contributed by atoms with van der Waals surface area (Å²) >= 11 is 0. The minimum Gasteiger partial charge on any atom is -0.324 e. The third-order valence-electron chi connectivity index (χ3n) is 3.59. The number of amides is 2. The van der Waals surface area contributed by atoms with E-state index in [4.69, 9.17) is 0 Å². The zero-order valence-corrected chi connectivity index (χ0v) is 14.3. The van der Waals surface area contributed by atoms with Crippen LogP contribution in [0.1, 0.15) is 33.1 Å². The third kappa shape index (κ3) is 6.64. The number of nitro groups is 1. The van der Waals surface area contributed by atoms with Crippen LogP contribution in [0.3, 0.4) is 0 Å². The number of benzene rings is 1. The fraction of sp³-hybridized carbons (Fsp3) is 0.389. The van der Waals surface area contributed by atoms with Crippen LogP contribution in [0, 0.1) is 10.1 Å². The summed E-state index contributed by atoms with van der Waals surface area (Å²) in [6, 6.07) is 5.64. The van der Waals surface area contributed by atoms with Crippen molar-refractivity contribution in [1.82, 2.24) is 4.90 Å². The summed E-state index contributed by atoms with van der Waals surface area (Å²) in [6.07, 6.45) is 6.52. The van der Waals surface area contributed by atoms with Gasteiger partial charge in [0.05, 0.1) is 4.92 Å². The van der Waals surface area contributed by atoms with E-state index in [-0.39, 0.29) is 11.7 Å². The van der Waals surface area contributed by atoms with Crippen LogP contribution < -0.4 is 5.32 Å². The Hall–Kier alpha value is -2.63.